The quantitative estimate of drug-likeness (QED) is 0.625. The van der Waals surface area contributed by atoms with Crippen LogP contribution in [0.5, 0.6) is 0 Å². The van der Waals surface area contributed by atoms with Crippen molar-refractivity contribution in [3.8, 4) is 0 Å². The number of hydrogen-bond acceptors (Lipinski definition) is 4. The van der Waals surface area contributed by atoms with E-state index in [0.29, 0.717) is 13.2 Å². The number of aliphatic hydroxyl groups is 1. The van der Waals surface area contributed by atoms with Gasteiger partial charge in [-0.2, -0.15) is 0 Å². The van der Waals surface area contributed by atoms with Crippen molar-refractivity contribution in [1.82, 2.24) is 10.2 Å². The number of ether oxygens (including phenoxy) is 1. The third-order valence-electron chi connectivity index (χ3n) is 3.87. The van der Waals surface area contributed by atoms with Crippen LogP contribution in [0.1, 0.15) is 12.8 Å². The molecule has 0 aromatic rings. The summed E-state index contributed by atoms with van der Waals surface area (Å²) in [5.41, 5.74) is 0.0203. The highest BCUT2D eigenvalue weighted by Gasteiger charge is 2.37. The first kappa shape index (κ1) is 12.3. The van der Waals surface area contributed by atoms with Crippen molar-refractivity contribution in [2.75, 3.05) is 53.0 Å². The Morgan fingerprint density at radius 3 is 2.81 bits per heavy atom. The largest absolute Gasteiger partial charge is 0.396 e. The summed E-state index contributed by atoms with van der Waals surface area (Å²) >= 11 is 0. The van der Waals surface area contributed by atoms with Crippen LogP contribution in [0.25, 0.3) is 0 Å². The van der Waals surface area contributed by atoms with Crippen molar-refractivity contribution in [1.29, 1.82) is 0 Å². The molecule has 2 aliphatic heterocycles. The number of rotatable bonds is 6. The molecule has 2 heterocycles. The first-order valence-electron chi connectivity index (χ1n) is 6.32. The van der Waals surface area contributed by atoms with Gasteiger partial charge in [-0.1, -0.05) is 0 Å². The van der Waals surface area contributed by atoms with Crippen molar-refractivity contribution in [3.05, 3.63) is 0 Å². The molecule has 1 unspecified atom stereocenters. The average molecular weight is 228 g/mol. The molecule has 2 N–H and O–H groups in total. The topological polar surface area (TPSA) is 44.7 Å². The molecule has 2 rings (SSSR count). The molecule has 0 amide bonds. The Morgan fingerprint density at radius 1 is 1.50 bits per heavy atom. The maximum absolute atomic E-state index is 9.26. The highest BCUT2D eigenvalue weighted by Crippen LogP contribution is 2.25. The van der Waals surface area contributed by atoms with Gasteiger partial charge < -0.3 is 20.1 Å². The van der Waals surface area contributed by atoms with E-state index >= 15 is 0 Å². The number of hydrogen-bond donors (Lipinski definition) is 2. The van der Waals surface area contributed by atoms with Crippen molar-refractivity contribution in [3.63, 3.8) is 0 Å². The first-order chi connectivity index (χ1) is 7.74. The molecule has 0 aromatic heterocycles. The van der Waals surface area contributed by atoms with Crippen LogP contribution in [0.2, 0.25) is 0 Å². The molecule has 0 radical (unpaired) electrons. The zero-order chi connectivity index (χ0) is 11.4. The fourth-order valence-electron chi connectivity index (χ4n) is 2.56. The van der Waals surface area contributed by atoms with E-state index in [4.69, 9.17) is 4.74 Å². The zero-order valence-electron chi connectivity index (χ0n) is 10.2. The predicted molar refractivity (Wildman–Crippen MR) is 63.4 cm³/mol. The minimum Gasteiger partial charge on any atom is -0.396 e. The molecule has 0 aliphatic carbocycles. The fourth-order valence-corrected chi connectivity index (χ4v) is 2.56. The second-order valence-electron chi connectivity index (χ2n) is 5.53. The van der Waals surface area contributed by atoms with Crippen molar-refractivity contribution in [2.24, 2.45) is 11.3 Å². The summed E-state index contributed by atoms with van der Waals surface area (Å²) < 4.78 is 5.17. The summed E-state index contributed by atoms with van der Waals surface area (Å²) in [6.45, 7) is 6.12. The Balaban J connectivity index is 1.55. The molecule has 1 atom stereocenters. The van der Waals surface area contributed by atoms with Crippen molar-refractivity contribution >= 4 is 0 Å². The van der Waals surface area contributed by atoms with Gasteiger partial charge in [0, 0.05) is 13.1 Å². The fraction of sp³-hybridized carbons (Fsp3) is 1.00. The molecule has 4 heteroatoms. The average Bonchev–Trinajstić information content (AvgIpc) is 2.62. The minimum atomic E-state index is 0.0203. The Bertz CT molecular complexity index is 214. The summed E-state index contributed by atoms with van der Waals surface area (Å²) in [6.07, 6.45) is 2.60. The van der Waals surface area contributed by atoms with Crippen molar-refractivity contribution in [2.45, 2.75) is 12.8 Å². The lowest BCUT2D eigenvalue weighted by atomic mass is 9.87. The lowest BCUT2D eigenvalue weighted by Crippen LogP contribution is -2.52. The lowest BCUT2D eigenvalue weighted by molar-refractivity contribution is -0.134. The van der Waals surface area contributed by atoms with Crippen LogP contribution in [0, 0.1) is 11.3 Å². The summed E-state index contributed by atoms with van der Waals surface area (Å²) in [4.78, 5) is 2.40. The molecule has 0 spiro atoms. The minimum absolute atomic E-state index is 0.0203. The van der Waals surface area contributed by atoms with Gasteiger partial charge in [-0.05, 0) is 38.9 Å². The number of nitrogens with one attached hydrogen (secondary N) is 1. The van der Waals surface area contributed by atoms with Crippen LogP contribution in [-0.4, -0.2) is 63.1 Å². The molecule has 0 saturated carbocycles. The summed E-state index contributed by atoms with van der Waals surface area (Å²) in [6, 6.07) is 0. The lowest BCUT2D eigenvalue weighted by Gasteiger charge is -2.40. The third kappa shape index (κ3) is 2.94. The van der Waals surface area contributed by atoms with E-state index in [2.05, 4.69) is 17.3 Å². The SMILES string of the molecule is CN1CCC(CCNCC2(CO)COC2)C1. The first-order valence-corrected chi connectivity index (χ1v) is 6.32. The smallest absolute Gasteiger partial charge is 0.0579 e. The van der Waals surface area contributed by atoms with Gasteiger partial charge in [0.05, 0.1) is 25.2 Å². The molecule has 94 valence electrons. The summed E-state index contributed by atoms with van der Waals surface area (Å²) in [7, 11) is 2.19. The molecule has 2 saturated heterocycles. The van der Waals surface area contributed by atoms with Gasteiger partial charge in [0.1, 0.15) is 0 Å². The van der Waals surface area contributed by atoms with Crippen LogP contribution in [-0.2, 0) is 4.74 Å². The summed E-state index contributed by atoms with van der Waals surface area (Å²) in [5, 5.41) is 12.7. The number of likely N-dealkylation sites (tertiary alicyclic amines) is 1. The van der Waals surface area contributed by atoms with E-state index in [1.807, 2.05) is 0 Å². The van der Waals surface area contributed by atoms with Crippen molar-refractivity contribution < 1.29 is 9.84 Å². The van der Waals surface area contributed by atoms with E-state index < -0.39 is 0 Å². The van der Waals surface area contributed by atoms with Gasteiger partial charge in [0.15, 0.2) is 0 Å². The van der Waals surface area contributed by atoms with Gasteiger partial charge in [0.25, 0.3) is 0 Å². The molecule has 2 aliphatic rings. The zero-order valence-corrected chi connectivity index (χ0v) is 10.2. The molecular weight excluding hydrogens is 204 g/mol. The molecule has 4 nitrogen and oxygen atoms in total. The second kappa shape index (κ2) is 5.45. The Kier molecular flexibility index (Phi) is 4.19. The molecule has 16 heavy (non-hydrogen) atoms. The standard InChI is InChI=1S/C12H24N2O2/c1-14-5-3-11(6-14)2-4-13-7-12(8-15)9-16-10-12/h11,13,15H,2-10H2,1H3. The summed E-state index contributed by atoms with van der Waals surface area (Å²) in [5.74, 6) is 0.861. The van der Waals surface area contributed by atoms with Crippen LogP contribution >= 0.6 is 0 Å². The van der Waals surface area contributed by atoms with Gasteiger partial charge in [-0.3, -0.25) is 0 Å². The van der Waals surface area contributed by atoms with Gasteiger partial charge in [-0.15, -0.1) is 0 Å². The highest BCUT2D eigenvalue weighted by atomic mass is 16.5. The van der Waals surface area contributed by atoms with Gasteiger partial charge in [-0.25, -0.2) is 0 Å². The third-order valence-corrected chi connectivity index (χ3v) is 3.87. The van der Waals surface area contributed by atoms with Gasteiger partial charge >= 0.3 is 0 Å². The maximum Gasteiger partial charge on any atom is 0.0579 e. The normalized spacial score (nSPS) is 29.2. The van der Waals surface area contributed by atoms with Crippen LogP contribution < -0.4 is 5.32 Å². The molecule has 0 aromatic carbocycles. The van der Waals surface area contributed by atoms with Gasteiger partial charge in [0.2, 0.25) is 0 Å². The monoisotopic (exact) mass is 228 g/mol. The Hall–Kier alpha value is -0.160. The van der Waals surface area contributed by atoms with E-state index in [1.54, 1.807) is 0 Å². The number of aliphatic hydroxyl groups excluding tert-OH is 1. The van der Waals surface area contributed by atoms with Crippen LogP contribution in [0.4, 0.5) is 0 Å². The van der Waals surface area contributed by atoms with E-state index in [0.717, 1.165) is 19.0 Å². The number of nitrogens with zero attached hydrogens (tertiary/aromatic N) is 1. The van der Waals surface area contributed by atoms with Crippen LogP contribution in [0.15, 0.2) is 0 Å². The maximum atomic E-state index is 9.26. The molecular formula is C12H24N2O2. The van der Waals surface area contributed by atoms with E-state index in [-0.39, 0.29) is 12.0 Å². The molecule has 2 fully saturated rings. The second-order valence-corrected chi connectivity index (χ2v) is 5.53. The Morgan fingerprint density at radius 2 is 2.31 bits per heavy atom. The molecule has 0 bridgehead atoms. The highest BCUT2D eigenvalue weighted by molar-refractivity contribution is 4.87. The van der Waals surface area contributed by atoms with E-state index in [1.165, 1.54) is 25.9 Å². The Labute approximate surface area is 98.0 Å². The van der Waals surface area contributed by atoms with Crippen LogP contribution in [0.3, 0.4) is 0 Å². The van der Waals surface area contributed by atoms with E-state index in [9.17, 15) is 5.11 Å². The predicted octanol–water partition coefficient (Wildman–Crippen LogP) is -0.0733.